The normalized spacial score (nSPS) is 15.3. The topological polar surface area (TPSA) is 59.9 Å². The van der Waals surface area contributed by atoms with Crippen LogP contribution in [0.5, 0.6) is 0 Å². The molecule has 0 aromatic carbocycles. The molecule has 1 aliphatic rings. The summed E-state index contributed by atoms with van der Waals surface area (Å²) >= 11 is 0. The lowest BCUT2D eigenvalue weighted by Crippen LogP contribution is -1.87. The maximum Gasteiger partial charge on any atom is 0.122 e. The molecule has 3 heteroatoms. The first-order valence-electron chi connectivity index (χ1n) is 2.42. The molecule has 0 atom stereocenters. The Morgan fingerprint density at radius 3 is 2.56 bits per heavy atom. The van der Waals surface area contributed by atoms with E-state index in [1.54, 1.807) is 0 Å². The first-order valence-corrected chi connectivity index (χ1v) is 2.42. The van der Waals surface area contributed by atoms with Crippen molar-refractivity contribution in [3.05, 3.63) is 11.8 Å². The first-order chi connectivity index (χ1) is 4.36. The Bertz CT molecular complexity index is 231. The average Bonchev–Trinajstić information content (AvgIpc) is 2.34. The summed E-state index contributed by atoms with van der Waals surface area (Å²) in [5, 5.41) is 16.5. The van der Waals surface area contributed by atoms with Gasteiger partial charge in [-0.25, -0.2) is 4.99 Å². The molecule has 9 heavy (non-hydrogen) atoms. The molecule has 0 saturated heterocycles. The van der Waals surface area contributed by atoms with Gasteiger partial charge >= 0.3 is 0 Å². The van der Waals surface area contributed by atoms with Crippen molar-refractivity contribution in [3.63, 3.8) is 0 Å². The Hall–Kier alpha value is -1.61. The third-order valence-electron chi connectivity index (χ3n) is 1.01. The summed E-state index contributed by atoms with van der Waals surface area (Å²) in [6.45, 7) is 0. The summed E-state index contributed by atoms with van der Waals surface area (Å²) in [5.41, 5.74) is 0.984. The molecule has 1 aliphatic heterocycles. The molecule has 0 radical (unpaired) electrons. The van der Waals surface area contributed by atoms with E-state index in [0.29, 0.717) is 17.7 Å². The van der Waals surface area contributed by atoms with Crippen molar-refractivity contribution < 1.29 is 0 Å². The van der Waals surface area contributed by atoms with Crippen LogP contribution in [0.25, 0.3) is 0 Å². The van der Waals surface area contributed by atoms with E-state index in [1.165, 1.54) is 6.20 Å². The molecule has 0 aromatic heterocycles. The molecule has 1 heterocycles. The Morgan fingerprint density at radius 2 is 2.22 bits per heavy atom. The third-order valence-corrected chi connectivity index (χ3v) is 1.01. The summed E-state index contributed by atoms with van der Waals surface area (Å²) in [4.78, 5) is 3.68. The molecule has 0 fully saturated rings. The number of hydrogen-bond acceptors (Lipinski definition) is 3. The number of allylic oxidation sites excluding steroid dienone is 1. The van der Waals surface area contributed by atoms with Gasteiger partial charge in [0.15, 0.2) is 0 Å². The van der Waals surface area contributed by atoms with Crippen LogP contribution in [-0.4, -0.2) is 5.71 Å². The lowest BCUT2D eigenvalue weighted by atomic mass is 10.2. The summed E-state index contributed by atoms with van der Waals surface area (Å²) in [6, 6.07) is 3.80. The van der Waals surface area contributed by atoms with E-state index in [0.717, 1.165) is 0 Å². The number of hydrogen-bond donors (Lipinski definition) is 0. The Labute approximate surface area is 52.5 Å². The highest BCUT2D eigenvalue weighted by molar-refractivity contribution is 6.02. The Kier molecular flexibility index (Phi) is 1.29. The van der Waals surface area contributed by atoms with Crippen LogP contribution in [-0.2, 0) is 0 Å². The highest BCUT2D eigenvalue weighted by Crippen LogP contribution is 2.08. The highest BCUT2D eigenvalue weighted by atomic mass is 14.7. The number of nitriles is 2. The third kappa shape index (κ3) is 0.949. The average molecular weight is 117 g/mol. The minimum Gasteiger partial charge on any atom is -0.249 e. The lowest BCUT2D eigenvalue weighted by Gasteiger charge is -1.79. The van der Waals surface area contributed by atoms with Crippen molar-refractivity contribution in [1.29, 1.82) is 10.5 Å². The van der Waals surface area contributed by atoms with E-state index in [2.05, 4.69) is 4.99 Å². The van der Waals surface area contributed by atoms with E-state index in [4.69, 9.17) is 10.5 Å². The van der Waals surface area contributed by atoms with Crippen LogP contribution in [0.3, 0.4) is 0 Å². The molecule has 3 nitrogen and oxygen atoms in total. The fourth-order valence-corrected chi connectivity index (χ4v) is 0.564. The van der Waals surface area contributed by atoms with Crippen molar-refractivity contribution in [2.75, 3.05) is 0 Å². The van der Waals surface area contributed by atoms with Gasteiger partial charge in [-0.2, -0.15) is 10.5 Å². The molecule has 0 unspecified atom stereocenters. The smallest absolute Gasteiger partial charge is 0.122 e. The molecular weight excluding hydrogens is 114 g/mol. The first kappa shape index (κ1) is 5.53. The molecular formula is C6H3N3. The van der Waals surface area contributed by atoms with Crippen molar-refractivity contribution in [1.82, 2.24) is 0 Å². The molecule has 0 aliphatic carbocycles. The fourth-order valence-electron chi connectivity index (χ4n) is 0.564. The number of nitrogens with zero attached hydrogens (tertiary/aromatic N) is 3. The van der Waals surface area contributed by atoms with Crippen LogP contribution >= 0.6 is 0 Å². The van der Waals surface area contributed by atoms with Gasteiger partial charge in [0.05, 0.1) is 11.6 Å². The Morgan fingerprint density at radius 1 is 1.44 bits per heavy atom. The summed E-state index contributed by atoms with van der Waals surface area (Å²) in [7, 11) is 0. The summed E-state index contributed by atoms with van der Waals surface area (Å²) in [6.07, 6.45) is 1.84. The number of rotatable bonds is 0. The zero-order valence-electron chi connectivity index (χ0n) is 4.63. The van der Waals surface area contributed by atoms with Crippen LogP contribution in [0.15, 0.2) is 16.8 Å². The van der Waals surface area contributed by atoms with Crippen molar-refractivity contribution in [2.24, 2.45) is 4.99 Å². The predicted molar refractivity (Wildman–Crippen MR) is 31.4 cm³/mol. The van der Waals surface area contributed by atoms with E-state index >= 15 is 0 Å². The quantitative estimate of drug-likeness (QED) is 0.470. The largest absolute Gasteiger partial charge is 0.249 e. The van der Waals surface area contributed by atoms with Crippen molar-refractivity contribution in [3.8, 4) is 12.1 Å². The van der Waals surface area contributed by atoms with Gasteiger partial charge in [0.25, 0.3) is 0 Å². The monoisotopic (exact) mass is 117 g/mol. The molecule has 0 spiro atoms. The standard InChI is InChI=1S/C6H3N3/c7-2-5-1-6(3-8)9-4-5/h4H,1H2. The fraction of sp³-hybridized carbons (Fsp3) is 0.167. The summed E-state index contributed by atoms with van der Waals surface area (Å²) < 4.78 is 0. The van der Waals surface area contributed by atoms with Crippen molar-refractivity contribution in [2.45, 2.75) is 6.42 Å². The van der Waals surface area contributed by atoms with Gasteiger partial charge in [0.1, 0.15) is 11.8 Å². The summed E-state index contributed by atoms with van der Waals surface area (Å²) in [5.74, 6) is 0. The minimum absolute atomic E-state index is 0.410. The van der Waals surface area contributed by atoms with Gasteiger partial charge in [-0.05, 0) is 0 Å². The molecule has 1 rings (SSSR count). The molecule has 0 saturated carbocycles. The number of aliphatic imine (C=N–C) groups is 1. The highest BCUT2D eigenvalue weighted by Gasteiger charge is 2.07. The van der Waals surface area contributed by atoms with Gasteiger partial charge in [-0.15, -0.1) is 0 Å². The van der Waals surface area contributed by atoms with Crippen LogP contribution in [0, 0.1) is 22.7 Å². The second-order valence-electron chi connectivity index (χ2n) is 1.63. The molecule has 0 amide bonds. The lowest BCUT2D eigenvalue weighted by molar-refractivity contribution is 1.38. The second-order valence-corrected chi connectivity index (χ2v) is 1.63. The van der Waals surface area contributed by atoms with Gasteiger partial charge in [0, 0.05) is 12.6 Å². The van der Waals surface area contributed by atoms with Crippen molar-refractivity contribution >= 4 is 5.71 Å². The van der Waals surface area contributed by atoms with Gasteiger partial charge in [-0.3, -0.25) is 0 Å². The zero-order chi connectivity index (χ0) is 6.69. The van der Waals surface area contributed by atoms with E-state index in [-0.39, 0.29) is 0 Å². The molecule has 0 N–H and O–H groups in total. The maximum atomic E-state index is 8.28. The molecule has 0 bridgehead atoms. The van der Waals surface area contributed by atoms with Gasteiger partial charge in [0.2, 0.25) is 0 Å². The van der Waals surface area contributed by atoms with Crippen LogP contribution < -0.4 is 0 Å². The van der Waals surface area contributed by atoms with Crippen LogP contribution in [0.2, 0.25) is 0 Å². The predicted octanol–water partition coefficient (Wildman–Crippen LogP) is 0.762. The SMILES string of the molecule is N#CC1=CN=C(C#N)C1. The maximum absolute atomic E-state index is 8.28. The Balaban J connectivity index is 2.69. The van der Waals surface area contributed by atoms with Gasteiger partial charge < -0.3 is 0 Å². The van der Waals surface area contributed by atoms with E-state index in [1.807, 2.05) is 12.1 Å². The zero-order valence-corrected chi connectivity index (χ0v) is 4.63. The van der Waals surface area contributed by atoms with E-state index in [9.17, 15) is 0 Å². The second kappa shape index (κ2) is 2.11. The van der Waals surface area contributed by atoms with E-state index < -0.39 is 0 Å². The van der Waals surface area contributed by atoms with Crippen LogP contribution in [0.1, 0.15) is 6.42 Å². The molecule has 42 valence electrons. The van der Waals surface area contributed by atoms with Gasteiger partial charge in [-0.1, -0.05) is 0 Å². The van der Waals surface area contributed by atoms with Crippen LogP contribution in [0.4, 0.5) is 0 Å². The minimum atomic E-state index is 0.410. The molecule has 0 aromatic rings.